The molecule has 1 aliphatic heterocycles. The summed E-state index contributed by atoms with van der Waals surface area (Å²) in [5, 5.41) is 0.915. The third-order valence-electron chi connectivity index (χ3n) is 3.84. The number of carbonyl (C=O) groups excluding carboxylic acids is 1. The van der Waals surface area contributed by atoms with Gasteiger partial charge in [-0.15, -0.1) is 0 Å². The summed E-state index contributed by atoms with van der Waals surface area (Å²) in [5.74, 6) is 0.834. The Morgan fingerprint density at radius 1 is 1.16 bits per heavy atom. The summed E-state index contributed by atoms with van der Waals surface area (Å²) in [6, 6.07) is 8.64. The Morgan fingerprint density at radius 2 is 1.92 bits per heavy atom. The first kappa shape index (κ1) is 16.4. The summed E-state index contributed by atoms with van der Waals surface area (Å²) in [5.41, 5.74) is 1.19. The number of rotatable bonds is 1. The molecule has 2 heterocycles. The predicted octanol–water partition coefficient (Wildman–Crippen LogP) is 4.06. The fourth-order valence-electron chi connectivity index (χ4n) is 2.61. The van der Waals surface area contributed by atoms with E-state index in [1.807, 2.05) is 6.07 Å². The molecule has 0 radical (unpaired) electrons. The van der Waals surface area contributed by atoms with Gasteiger partial charge in [-0.2, -0.15) is 4.99 Å². The molecule has 0 atom stereocenters. The first-order valence-electron chi connectivity index (χ1n) is 7.47. The number of nitrogens with zero attached hydrogens (tertiary/aromatic N) is 2. The van der Waals surface area contributed by atoms with Gasteiger partial charge in [-0.05, 0) is 30.3 Å². The summed E-state index contributed by atoms with van der Waals surface area (Å²) in [6.45, 7) is 0.970. The fourth-order valence-corrected chi connectivity index (χ4v) is 4.13. The van der Waals surface area contributed by atoms with Crippen LogP contribution in [-0.4, -0.2) is 23.7 Å². The number of amides is 1. The molecule has 0 saturated carbocycles. The smallest absolute Gasteiger partial charge is 0.279 e. The van der Waals surface area contributed by atoms with Crippen molar-refractivity contribution in [2.24, 2.45) is 12.0 Å². The van der Waals surface area contributed by atoms with Gasteiger partial charge in [0.15, 0.2) is 16.3 Å². The molecule has 5 nitrogen and oxygen atoms in total. The molecule has 0 fully saturated rings. The van der Waals surface area contributed by atoms with Gasteiger partial charge in [-0.1, -0.05) is 34.5 Å². The number of hydrogen-bond acceptors (Lipinski definition) is 4. The maximum Gasteiger partial charge on any atom is 0.279 e. The molecule has 0 saturated heterocycles. The summed E-state index contributed by atoms with van der Waals surface area (Å²) in [7, 11) is 1.80. The molecule has 4 rings (SSSR count). The quantitative estimate of drug-likeness (QED) is 0.625. The molecule has 2 aromatic carbocycles. The third-order valence-corrected chi connectivity index (χ3v) is 5.73. The van der Waals surface area contributed by atoms with E-state index in [0.29, 0.717) is 45.1 Å². The van der Waals surface area contributed by atoms with Crippen molar-refractivity contribution >= 4 is 50.7 Å². The molecule has 0 aliphatic carbocycles. The zero-order valence-electron chi connectivity index (χ0n) is 13.1. The second-order valence-electron chi connectivity index (χ2n) is 5.43. The summed E-state index contributed by atoms with van der Waals surface area (Å²) in [6.07, 6.45) is 0. The van der Waals surface area contributed by atoms with Crippen LogP contribution in [0.2, 0.25) is 10.0 Å². The van der Waals surface area contributed by atoms with Crippen LogP contribution in [0.5, 0.6) is 11.5 Å². The number of carbonyl (C=O) groups is 1. The number of thiazole rings is 1. The molecular weight excluding hydrogens is 383 g/mol. The highest BCUT2D eigenvalue weighted by atomic mass is 35.5. The van der Waals surface area contributed by atoms with Crippen LogP contribution in [0.15, 0.2) is 35.3 Å². The maximum absolute atomic E-state index is 12.6. The molecule has 0 unspecified atom stereocenters. The Kier molecular flexibility index (Phi) is 4.19. The lowest BCUT2D eigenvalue weighted by Crippen LogP contribution is -2.16. The van der Waals surface area contributed by atoms with Crippen molar-refractivity contribution in [3.05, 3.63) is 50.7 Å². The lowest BCUT2D eigenvalue weighted by Gasteiger charge is -2.18. The largest absolute Gasteiger partial charge is 0.486 e. The van der Waals surface area contributed by atoms with E-state index in [1.165, 1.54) is 11.3 Å². The minimum atomic E-state index is -0.360. The van der Waals surface area contributed by atoms with Crippen LogP contribution in [0.1, 0.15) is 10.4 Å². The highest BCUT2D eigenvalue weighted by Gasteiger charge is 2.16. The lowest BCUT2D eigenvalue weighted by atomic mass is 10.2. The number of benzene rings is 2. The highest BCUT2D eigenvalue weighted by molar-refractivity contribution is 7.16. The van der Waals surface area contributed by atoms with Gasteiger partial charge >= 0.3 is 0 Å². The fraction of sp³-hybridized carbons (Fsp3) is 0.176. The van der Waals surface area contributed by atoms with E-state index in [1.54, 1.807) is 35.9 Å². The molecule has 1 amide bonds. The molecule has 1 aromatic heterocycles. The van der Waals surface area contributed by atoms with Crippen molar-refractivity contribution < 1.29 is 14.3 Å². The molecule has 8 heteroatoms. The predicted molar refractivity (Wildman–Crippen MR) is 98.1 cm³/mol. The van der Waals surface area contributed by atoms with E-state index >= 15 is 0 Å². The Bertz CT molecular complexity index is 1070. The van der Waals surface area contributed by atoms with Crippen LogP contribution in [0, 0.1) is 0 Å². The number of hydrogen-bond donors (Lipinski definition) is 0. The molecule has 128 valence electrons. The topological polar surface area (TPSA) is 52.8 Å². The molecule has 3 aromatic rings. The highest BCUT2D eigenvalue weighted by Crippen LogP contribution is 2.32. The van der Waals surface area contributed by atoms with Crippen LogP contribution < -0.4 is 14.3 Å². The van der Waals surface area contributed by atoms with Crippen molar-refractivity contribution in [1.82, 2.24) is 4.57 Å². The normalized spacial score (nSPS) is 14.1. The standard InChI is InChI=1S/C17H12Cl2N2O3S/c1-21-15-13(5-3-10(18)14(15)19)25-17(21)20-16(22)9-2-4-11-12(8-9)24-7-6-23-11/h2-5,8H,6-7H2,1H3. The second kappa shape index (κ2) is 6.37. The van der Waals surface area contributed by atoms with Gasteiger partial charge in [0.05, 0.1) is 20.3 Å². The van der Waals surface area contributed by atoms with Gasteiger partial charge in [0.2, 0.25) is 0 Å². The van der Waals surface area contributed by atoms with Gasteiger partial charge in [0.1, 0.15) is 13.2 Å². The van der Waals surface area contributed by atoms with Crippen molar-refractivity contribution in [3.8, 4) is 11.5 Å². The molecule has 0 spiro atoms. The SMILES string of the molecule is Cn1c(=NC(=O)c2ccc3c(c2)OCCO3)sc2ccc(Cl)c(Cl)c21. The Morgan fingerprint density at radius 3 is 2.72 bits per heavy atom. The maximum atomic E-state index is 12.6. The Labute approximate surface area is 157 Å². The minimum absolute atomic E-state index is 0.360. The average molecular weight is 395 g/mol. The van der Waals surface area contributed by atoms with Gasteiger partial charge in [0.25, 0.3) is 5.91 Å². The van der Waals surface area contributed by atoms with Crippen molar-refractivity contribution in [1.29, 1.82) is 0 Å². The molecule has 1 aliphatic rings. The molecule has 0 bridgehead atoms. The van der Waals surface area contributed by atoms with E-state index in [4.69, 9.17) is 32.7 Å². The molecular formula is C17H12Cl2N2O3S. The zero-order chi connectivity index (χ0) is 17.6. The minimum Gasteiger partial charge on any atom is -0.486 e. The van der Waals surface area contributed by atoms with Crippen LogP contribution in [-0.2, 0) is 7.05 Å². The number of ether oxygens (including phenoxy) is 2. The molecule has 25 heavy (non-hydrogen) atoms. The van der Waals surface area contributed by atoms with E-state index in [-0.39, 0.29) is 5.91 Å². The van der Waals surface area contributed by atoms with E-state index in [0.717, 1.165) is 10.2 Å². The first-order valence-corrected chi connectivity index (χ1v) is 9.04. The van der Waals surface area contributed by atoms with Gasteiger partial charge in [-0.25, -0.2) is 0 Å². The van der Waals surface area contributed by atoms with Crippen LogP contribution in [0.25, 0.3) is 10.2 Å². The van der Waals surface area contributed by atoms with Crippen LogP contribution >= 0.6 is 34.5 Å². The van der Waals surface area contributed by atoms with Crippen molar-refractivity contribution in [3.63, 3.8) is 0 Å². The summed E-state index contributed by atoms with van der Waals surface area (Å²) in [4.78, 5) is 17.3. The van der Waals surface area contributed by atoms with E-state index < -0.39 is 0 Å². The zero-order valence-corrected chi connectivity index (χ0v) is 15.4. The average Bonchev–Trinajstić information content (AvgIpc) is 2.94. The Balaban J connectivity index is 1.78. The van der Waals surface area contributed by atoms with Crippen molar-refractivity contribution in [2.75, 3.05) is 13.2 Å². The lowest BCUT2D eigenvalue weighted by molar-refractivity contribution is 0.0996. The van der Waals surface area contributed by atoms with Gasteiger partial charge < -0.3 is 14.0 Å². The van der Waals surface area contributed by atoms with Crippen LogP contribution in [0.3, 0.4) is 0 Å². The van der Waals surface area contributed by atoms with E-state index in [2.05, 4.69) is 4.99 Å². The van der Waals surface area contributed by atoms with Gasteiger partial charge in [0, 0.05) is 12.6 Å². The Hall–Kier alpha value is -2.02. The summed E-state index contributed by atoms with van der Waals surface area (Å²) < 4.78 is 13.7. The first-order chi connectivity index (χ1) is 12.0. The monoisotopic (exact) mass is 394 g/mol. The number of aryl methyl sites for hydroxylation is 1. The number of fused-ring (bicyclic) bond motifs is 2. The van der Waals surface area contributed by atoms with Crippen LogP contribution in [0.4, 0.5) is 0 Å². The third kappa shape index (κ3) is 2.90. The molecule has 0 N–H and O–H groups in total. The van der Waals surface area contributed by atoms with E-state index in [9.17, 15) is 4.79 Å². The van der Waals surface area contributed by atoms with Gasteiger partial charge in [-0.3, -0.25) is 4.79 Å². The number of aromatic nitrogens is 1. The number of halogens is 2. The second-order valence-corrected chi connectivity index (χ2v) is 7.22. The van der Waals surface area contributed by atoms with Crippen molar-refractivity contribution in [2.45, 2.75) is 0 Å². The summed E-state index contributed by atoms with van der Waals surface area (Å²) >= 11 is 13.7.